The first-order valence-electron chi connectivity index (χ1n) is 10.6. The van der Waals surface area contributed by atoms with Crippen molar-refractivity contribution in [3.8, 4) is 23.0 Å². The number of guanidine groups is 1. The minimum atomic E-state index is 0.407. The van der Waals surface area contributed by atoms with Gasteiger partial charge in [-0.05, 0) is 31.5 Å². The summed E-state index contributed by atoms with van der Waals surface area (Å²) in [6.45, 7) is 6.82. The molecule has 0 aliphatic heterocycles. The van der Waals surface area contributed by atoms with E-state index in [1.165, 1.54) is 0 Å². The number of nitrogens with one attached hydrogen (secondary N) is 2. The quantitative estimate of drug-likeness (QED) is 0.295. The van der Waals surface area contributed by atoms with E-state index in [-0.39, 0.29) is 0 Å². The average molecular weight is 446 g/mol. The van der Waals surface area contributed by atoms with Gasteiger partial charge in [0.05, 0.1) is 34.5 Å². The van der Waals surface area contributed by atoms with Crippen LogP contribution in [0, 0.1) is 6.92 Å². The molecule has 0 saturated carbocycles. The second kappa shape index (κ2) is 13.3. The number of methoxy groups -OCH3 is 4. The van der Waals surface area contributed by atoms with Crippen LogP contribution in [0.4, 0.5) is 0 Å². The summed E-state index contributed by atoms with van der Waals surface area (Å²) >= 11 is 0. The zero-order valence-electron chi connectivity index (χ0n) is 19.9. The maximum absolute atomic E-state index is 5.89. The predicted molar refractivity (Wildman–Crippen MR) is 126 cm³/mol. The summed E-state index contributed by atoms with van der Waals surface area (Å²) in [4.78, 5) is 4.72. The van der Waals surface area contributed by atoms with E-state index < -0.39 is 0 Å². The van der Waals surface area contributed by atoms with E-state index in [0.717, 1.165) is 29.0 Å². The number of nitrogens with zero attached hydrogens (tertiary/aromatic N) is 1. The topological polar surface area (TPSA) is 82.6 Å². The van der Waals surface area contributed by atoms with Crippen molar-refractivity contribution in [3.05, 3.63) is 47.0 Å². The van der Waals surface area contributed by atoms with Crippen LogP contribution in [0.3, 0.4) is 0 Å². The molecule has 2 aromatic carbocycles. The first-order valence-corrected chi connectivity index (χ1v) is 10.6. The van der Waals surface area contributed by atoms with Crippen LogP contribution in [-0.4, -0.2) is 54.2 Å². The molecule has 2 aromatic rings. The number of rotatable bonds is 12. The molecular formula is C24H35N3O5. The number of hydrogen-bond donors (Lipinski definition) is 2. The molecule has 0 bridgehead atoms. The highest BCUT2D eigenvalue weighted by Crippen LogP contribution is 2.34. The van der Waals surface area contributed by atoms with Crippen LogP contribution in [0.25, 0.3) is 0 Å². The number of aryl methyl sites for hydroxylation is 1. The van der Waals surface area contributed by atoms with Crippen molar-refractivity contribution in [1.82, 2.24) is 10.6 Å². The second-order valence-electron chi connectivity index (χ2n) is 7.02. The normalized spacial score (nSPS) is 11.1. The predicted octanol–water partition coefficient (Wildman–Crippen LogP) is 3.30. The van der Waals surface area contributed by atoms with Crippen LogP contribution in [0.1, 0.15) is 23.6 Å². The highest BCUT2D eigenvalue weighted by atomic mass is 16.5. The molecule has 2 N–H and O–H groups in total. The monoisotopic (exact) mass is 445 g/mol. The van der Waals surface area contributed by atoms with E-state index in [9.17, 15) is 0 Å². The van der Waals surface area contributed by atoms with Gasteiger partial charge < -0.3 is 34.3 Å². The van der Waals surface area contributed by atoms with Gasteiger partial charge in [-0.1, -0.05) is 12.1 Å². The van der Waals surface area contributed by atoms with E-state index >= 15 is 0 Å². The molecular weight excluding hydrogens is 410 g/mol. The summed E-state index contributed by atoms with van der Waals surface area (Å²) in [5, 5.41) is 6.65. The van der Waals surface area contributed by atoms with Gasteiger partial charge in [0.2, 0.25) is 0 Å². The molecule has 176 valence electrons. The van der Waals surface area contributed by atoms with Crippen LogP contribution >= 0.6 is 0 Å². The summed E-state index contributed by atoms with van der Waals surface area (Å²) in [5.74, 6) is 3.46. The van der Waals surface area contributed by atoms with Gasteiger partial charge in [0.15, 0.2) is 17.5 Å². The van der Waals surface area contributed by atoms with E-state index in [4.69, 9.17) is 28.7 Å². The first kappa shape index (κ1) is 25.1. The van der Waals surface area contributed by atoms with Crippen molar-refractivity contribution < 1.29 is 23.7 Å². The Bertz CT molecular complexity index is 886. The van der Waals surface area contributed by atoms with Crippen molar-refractivity contribution in [2.45, 2.75) is 26.9 Å². The van der Waals surface area contributed by atoms with Gasteiger partial charge in [0.1, 0.15) is 18.1 Å². The summed E-state index contributed by atoms with van der Waals surface area (Å²) in [5.41, 5.74) is 3.07. The molecule has 8 nitrogen and oxygen atoms in total. The Hall–Kier alpha value is -3.13. The molecule has 0 spiro atoms. The Morgan fingerprint density at radius 1 is 0.812 bits per heavy atom. The van der Waals surface area contributed by atoms with Gasteiger partial charge in [-0.3, -0.25) is 0 Å². The SMILES string of the molecule is CCNC(=NCc1cc(OC)c(OC)cc1OC)NCc1ccc(C)cc1OCCOC. The molecule has 0 atom stereocenters. The smallest absolute Gasteiger partial charge is 0.191 e. The van der Waals surface area contributed by atoms with Crippen molar-refractivity contribution >= 4 is 5.96 Å². The molecule has 2 rings (SSSR count). The molecule has 32 heavy (non-hydrogen) atoms. The van der Waals surface area contributed by atoms with Crippen LogP contribution in [-0.2, 0) is 17.8 Å². The molecule has 0 aliphatic rings. The van der Waals surface area contributed by atoms with E-state index in [1.807, 2.05) is 26.0 Å². The van der Waals surface area contributed by atoms with E-state index in [1.54, 1.807) is 34.5 Å². The van der Waals surface area contributed by atoms with Gasteiger partial charge in [-0.2, -0.15) is 0 Å². The summed E-state index contributed by atoms with van der Waals surface area (Å²) in [7, 11) is 6.49. The molecule has 0 aromatic heterocycles. The van der Waals surface area contributed by atoms with Gasteiger partial charge in [-0.15, -0.1) is 0 Å². The zero-order valence-corrected chi connectivity index (χ0v) is 19.9. The second-order valence-corrected chi connectivity index (χ2v) is 7.02. The highest BCUT2D eigenvalue weighted by Gasteiger charge is 2.12. The highest BCUT2D eigenvalue weighted by molar-refractivity contribution is 5.79. The third-order valence-corrected chi connectivity index (χ3v) is 4.75. The Balaban J connectivity index is 2.16. The summed E-state index contributed by atoms with van der Waals surface area (Å²) in [6.07, 6.45) is 0. The van der Waals surface area contributed by atoms with E-state index in [2.05, 4.69) is 22.8 Å². The fourth-order valence-electron chi connectivity index (χ4n) is 3.08. The molecule has 0 radical (unpaired) electrons. The Morgan fingerprint density at radius 3 is 2.19 bits per heavy atom. The number of ether oxygens (including phenoxy) is 5. The zero-order chi connectivity index (χ0) is 23.3. The Kier molecular flexibility index (Phi) is 10.5. The minimum absolute atomic E-state index is 0.407. The fourth-order valence-corrected chi connectivity index (χ4v) is 3.08. The maximum atomic E-state index is 5.89. The fraction of sp³-hybridized carbons (Fsp3) is 0.458. The van der Waals surface area contributed by atoms with E-state index in [0.29, 0.717) is 49.5 Å². The molecule has 0 heterocycles. The first-order chi connectivity index (χ1) is 15.6. The van der Waals surface area contributed by atoms with Crippen molar-refractivity contribution in [2.24, 2.45) is 4.99 Å². The Labute approximate surface area is 190 Å². The summed E-state index contributed by atoms with van der Waals surface area (Å²) in [6, 6.07) is 9.85. The van der Waals surface area contributed by atoms with Crippen LogP contribution < -0.4 is 29.6 Å². The van der Waals surface area contributed by atoms with Gasteiger partial charge in [0, 0.05) is 37.4 Å². The largest absolute Gasteiger partial charge is 0.496 e. The molecule has 0 fully saturated rings. The van der Waals surface area contributed by atoms with Crippen molar-refractivity contribution in [2.75, 3.05) is 48.2 Å². The van der Waals surface area contributed by atoms with Crippen LogP contribution in [0.5, 0.6) is 23.0 Å². The van der Waals surface area contributed by atoms with Crippen LogP contribution in [0.15, 0.2) is 35.3 Å². The molecule has 0 aliphatic carbocycles. The lowest BCUT2D eigenvalue weighted by atomic mass is 10.1. The molecule has 0 amide bonds. The average Bonchev–Trinajstić information content (AvgIpc) is 2.81. The lowest BCUT2D eigenvalue weighted by Gasteiger charge is -2.16. The minimum Gasteiger partial charge on any atom is -0.496 e. The third kappa shape index (κ3) is 7.23. The standard InChI is InChI=1S/C24H35N3O5/c1-7-25-24(26-15-18-9-8-17(2)12-21(18)32-11-10-28-3)27-16-19-13-22(30-5)23(31-6)14-20(19)29-4/h8-9,12-14H,7,10-11,15-16H2,1-6H3,(H2,25,26,27). The van der Waals surface area contributed by atoms with Crippen LogP contribution in [0.2, 0.25) is 0 Å². The number of hydrogen-bond acceptors (Lipinski definition) is 6. The van der Waals surface area contributed by atoms with Gasteiger partial charge in [-0.25, -0.2) is 4.99 Å². The van der Waals surface area contributed by atoms with Crippen molar-refractivity contribution in [3.63, 3.8) is 0 Å². The maximum Gasteiger partial charge on any atom is 0.191 e. The van der Waals surface area contributed by atoms with Gasteiger partial charge in [0.25, 0.3) is 0 Å². The lowest BCUT2D eigenvalue weighted by Crippen LogP contribution is -2.36. The van der Waals surface area contributed by atoms with Gasteiger partial charge >= 0.3 is 0 Å². The third-order valence-electron chi connectivity index (χ3n) is 4.75. The molecule has 0 saturated heterocycles. The lowest BCUT2D eigenvalue weighted by molar-refractivity contribution is 0.145. The van der Waals surface area contributed by atoms with Crippen molar-refractivity contribution in [1.29, 1.82) is 0 Å². The molecule has 0 unspecified atom stereocenters. The number of benzene rings is 2. The summed E-state index contributed by atoms with van der Waals surface area (Å²) < 4.78 is 27.3. The number of aliphatic imine (C=N–C) groups is 1. The Morgan fingerprint density at radius 2 is 1.53 bits per heavy atom. The molecule has 8 heteroatoms.